The van der Waals surface area contributed by atoms with Crippen LogP contribution in [-0.4, -0.2) is 45.6 Å². The quantitative estimate of drug-likeness (QED) is 0.686. The van der Waals surface area contributed by atoms with Crippen LogP contribution in [0.25, 0.3) is 0 Å². The monoisotopic (exact) mass is 265 g/mol. The third kappa shape index (κ3) is 5.33. The fourth-order valence-corrected chi connectivity index (χ4v) is 3.52. The number of aliphatic hydroxyl groups is 1. The summed E-state index contributed by atoms with van der Waals surface area (Å²) in [6.45, 7) is 0.253. The molecule has 0 aromatic heterocycles. The number of sulfonamides is 1. The van der Waals surface area contributed by atoms with Crippen LogP contribution >= 0.6 is 0 Å². The van der Waals surface area contributed by atoms with E-state index in [0.717, 1.165) is 32.1 Å². The van der Waals surface area contributed by atoms with Gasteiger partial charge in [0.05, 0.1) is 12.4 Å². The molecule has 0 unspecified atom stereocenters. The number of rotatable bonds is 6. The van der Waals surface area contributed by atoms with Crippen molar-refractivity contribution in [2.45, 2.75) is 38.1 Å². The van der Waals surface area contributed by atoms with Crippen LogP contribution in [0.1, 0.15) is 32.1 Å². The predicted molar refractivity (Wildman–Crippen MR) is 66.2 cm³/mol. The molecule has 2 atom stereocenters. The number of hydrogen-bond acceptors (Lipinski definition) is 4. The molecule has 0 aromatic rings. The Morgan fingerprint density at radius 3 is 2.65 bits per heavy atom. The maximum absolute atomic E-state index is 11.8. The summed E-state index contributed by atoms with van der Waals surface area (Å²) in [5.41, 5.74) is 0. The largest absolute Gasteiger partial charge is 0.396 e. The maximum atomic E-state index is 11.8. The van der Waals surface area contributed by atoms with E-state index in [1.807, 2.05) is 0 Å². The summed E-state index contributed by atoms with van der Waals surface area (Å²) in [5.74, 6) is 0.0350. The van der Waals surface area contributed by atoms with Gasteiger partial charge in [0.15, 0.2) is 0 Å². The van der Waals surface area contributed by atoms with E-state index in [-0.39, 0.29) is 30.9 Å². The van der Waals surface area contributed by atoms with E-state index in [2.05, 4.69) is 4.72 Å². The van der Waals surface area contributed by atoms with Crippen LogP contribution in [0, 0.1) is 5.92 Å². The lowest BCUT2D eigenvalue weighted by atomic mass is 9.97. The van der Waals surface area contributed by atoms with Gasteiger partial charge >= 0.3 is 0 Å². The first-order valence-electron chi connectivity index (χ1n) is 6.19. The first-order valence-corrected chi connectivity index (χ1v) is 7.84. The van der Waals surface area contributed by atoms with Crippen molar-refractivity contribution >= 4 is 10.0 Å². The van der Waals surface area contributed by atoms with Gasteiger partial charge in [-0.15, -0.1) is 0 Å². The molecule has 102 valence electrons. The summed E-state index contributed by atoms with van der Waals surface area (Å²) in [4.78, 5) is 0. The van der Waals surface area contributed by atoms with Gasteiger partial charge in [-0.25, -0.2) is 13.1 Å². The van der Waals surface area contributed by atoms with Gasteiger partial charge in [0, 0.05) is 19.8 Å². The van der Waals surface area contributed by atoms with E-state index in [1.165, 1.54) is 7.11 Å². The van der Waals surface area contributed by atoms with Gasteiger partial charge in [-0.3, -0.25) is 0 Å². The predicted octanol–water partition coefficient (Wildman–Crippen LogP) is 0.493. The standard InChI is InChI=1S/C11H23NO4S/c1-16-7-8-17(14,15)12-11-6-4-2-3-5-10(11)9-13/h10-13H,2-9H2,1H3/t10-,11+/m1/s1. The second-order valence-corrected chi connectivity index (χ2v) is 6.49. The molecule has 1 saturated carbocycles. The van der Waals surface area contributed by atoms with Crippen molar-refractivity contribution in [3.63, 3.8) is 0 Å². The van der Waals surface area contributed by atoms with Gasteiger partial charge in [-0.2, -0.15) is 0 Å². The molecule has 0 heterocycles. The normalized spacial score (nSPS) is 26.7. The molecule has 1 aliphatic carbocycles. The third-order valence-electron chi connectivity index (χ3n) is 3.28. The smallest absolute Gasteiger partial charge is 0.214 e. The summed E-state index contributed by atoms with van der Waals surface area (Å²) in [6.07, 6.45) is 4.92. The molecule has 0 saturated heterocycles. The molecule has 0 aliphatic heterocycles. The molecule has 0 aromatic carbocycles. The van der Waals surface area contributed by atoms with Crippen LogP contribution in [0.2, 0.25) is 0 Å². The first kappa shape index (κ1) is 14.9. The molecule has 1 fully saturated rings. The van der Waals surface area contributed by atoms with Crippen LogP contribution in [-0.2, 0) is 14.8 Å². The van der Waals surface area contributed by atoms with Crippen molar-refractivity contribution in [2.75, 3.05) is 26.1 Å². The van der Waals surface area contributed by atoms with Crippen molar-refractivity contribution in [3.05, 3.63) is 0 Å². The zero-order valence-corrected chi connectivity index (χ0v) is 11.2. The molecule has 5 nitrogen and oxygen atoms in total. The Balaban J connectivity index is 2.56. The molecule has 1 aliphatic rings. The fraction of sp³-hybridized carbons (Fsp3) is 1.00. The molecule has 0 amide bonds. The van der Waals surface area contributed by atoms with Crippen molar-refractivity contribution in [1.82, 2.24) is 4.72 Å². The molecule has 0 radical (unpaired) electrons. The summed E-state index contributed by atoms with van der Waals surface area (Å²) in [6, 6.07) is -0.121. The summed E-state index contributed by atoms with van der Waals surface area (Å²) < 4.78 is 31.0. The lowest BCUT2D eigenvalue weighted by Gasteiger charge is -2.24. The second kappa shape index (κ2) is 7.31. The van der Waals surface area contributed by atoms with E-state index in [0.29, 0.717) is 0 Å². The molecule has 1 rings (SSSR count). The molecule has 0 spiro atoms. The van der Waals surface area contributed by atoms with Crippen LogP contribution in [0.3, 0.4) is 0 Å². The van der Waals surface area contributed by atoms with Crippen molar-refractivity contribution in [2.24, 2.45) is 5.92 Å². The van der Waals surface area contributed by atoms with Crippen LogP contribution in [0.4, 0.5) is 0 Å². The van der Waals surface area contributed by atoms with Crippen molar-refractivity contribution in [1.29, 1.82) is 0 Å². The molecule has 0 bridgehead atoms. The van der Waals surface area contributed by atoms with Gasteiger partial charge in [0.25, 0.3) is 0 Å². The summed E-state index contributed by atoms with van der Waals surface area (Å²) >= 11 is 0. The van der Waals surface area contributed by atoms with Crippen LogP contribution < -0.4 is 4.72 Å². The van der Waals surface area contributed by atoms with Gasteiger partial charge in [0.2, 0.25) is 10.0 Å². The van der Waals surface area contributed by atoms with Gasteiger partial charge in [-0.05, 0) is 18.8 Å². The highest BCUT2D eigenvalue weighted by Crippen LogP contribution is 2.23. The number of aliphatic hydroxyl groups excluding tert-OH is 1. The first-order chi connectivity index (χ1) is 8.09. The lowest BCUT2D eigenvalue weighted by Crippen LogP contribution is -2.42. The molecule has 6 heteroatoms. The summed E-state index contributed by atoms with van der Waals surface area (Å²) in [7, 11) is -1.80. The topological polar surface area (TPSA) is 75.6 Å². The highest BCUT2D eigenvalue weighted by molar-refractivity contribution is 7.89. The third-order valence-corrected chi connectivity index (χ3v) is 4.65. The van der Waals surface area contributed by atoms with E-state index in [9.17, 15) is 13.5 Å². The highest BCUT2D eigenvalue weighted by Gasteiger charge is 2.26. The van der Waals surface area contributed by atoms with Gasteiger partial charge < -0.3 is 9.84 Å². The maximum Gasteiger partial charge on any atom is 0.214 e. The van der Waals surface area contributed by atoms with Crippen LogP contribution in [0.15, 0.2) is 0 Å². The summed E-state index contributed by atoms with van der Waals surface area (Å²) in [5, 5.41) is 9.30. The fourth-order valence-electron chi connectivity index (χ4n) is 2.24. The Kier molecular flexibility index (Phi) is 6.40. The zero-order chi connectivity index (χ0) is 12.7. The van der Waals surface area contributed by atoms with Crippen molar-refractivity contribution < 1.29 is 18.3 Å². The minimum Gasteiger partial charge on any atom is -0.396 e. The Morgan fingerprint density at radius 1 is 1.29 bits per heavy atom. The molecule has 17 heavy (non-hydrogen) atoms. The number of ether oxygens (including phenoxy) is 1. The van der Waals surface area contributed by atoms with E-state index in [1.54, 1.807) is 0 Å². The molecular weight excluding hydrogens is 242 g/mol. The van der Waals surface area contributed by atoms with Crippen LogP contribution in [0.5, 0.6) is 0 Å². The van der Waals surface area contributed by atoms with Gasteiger partial charge in [0.1, 0.15) is 0 Å². The second-order valence-electron chi connectivity index (χ2n) is 4.62. The minimum atomic E-state index is -3.29. The van der Waals surface area contributed by atoms with E-state index < -0.39 is 10.0 Å². The Morgan fingerprint density at radius 2 is 2.00 bits per heavy atom. The van der Waals surface area contributed by atoms with Gasteiger partial charge in [-0.1, -0.05) is 19.3 Å². The van der Waals surface area contributed by atoms with Crippen molar-refractivity contribution in [3.8, 4) is 0 Å². The van der Waals surface area contributed by atoms with E-state index >= 15 is 0 Å². The average Bonchev–Trinajstić information content (AvgIpc) is 2.51. The minimum absolute atomic E-state index is 0.0157. The SMILES string of the molecule is COCCS(=O)(=O)N[C@H]1CCCCC[C@@H]1CO. The lowest BCUT2D eigenvalue weighted by molar-refractivity contribution is 0.190. The Hall–Kier alpha value is -0.170. The number of nitrogens with one attached hydrogen (secondary N) is 1. The highest BCUT2D eigenvalue weighted by atomic mass is 32.2. The Labute approximate surface area is 104 Å². The molecule has 2 N–H and O–H groups in total. The Bertz CT molecular complexity index is 305. The molecular formula is C11H23NO4S. The van der Waals surface area contributed by atoms with E-state index in [4.69, 9.17) is 4.74 Å². The number of methoxy groups -OCH3 is 1. The average molecular weight is 265 g/mol. The zero-order valence-electron chi connectivity index (χ0n) is 10.4. The number of hydrogen-bond donors (Lipinski definition) is 2.